The highest BCUT2D eigenvalue weighted by atomic mass is 35.5. The second kappa shape index (κ2) is 8.60. The Labute approximate surface area is 175 Å². The molecule has 9 nitrogen and oxygen atoms in total. The van der Waals surface area contributed by atoms with E-state index in [1.54, 1.807) is 23.0 Å². The van der Waals surface area contributed by atoms with Gasteiger partial charge >= 0.3 is 0 Å². The maximum Gasteiger partial charge on any atom is 0.220 e. The number of halogens is 1. The van der Waals surface area contributed by atoms with Crippen molar-refractivity contribution in [1.29, 1.82) is 0 Å². The van der Waals surface area contributed by atoms with Gasteiger partial charge in [-0.1, -0.05) is 42.0 Å². The lowest BCUT2D eigenvalue weighted by Crippen LogP contribution is -2.57. The Morgan fingerprint density at radius 1 is 1.10 bits per heavy atom. The van der Waals surface area contributed by atoms with Crippen molar-refractivity contribution in [2.75, 3.05) is 0 Å². The number of aliphatic imine (C=N–C) groups is 2. The average Bonchev–Trinajstić information content (AvgIpc) is 3.13. The van der Waals surface area contributed by atoms with Gasteiger partial charge in [-0.2, -0.15) is 4.99 Å². The molecule has 10 heteroatoms. The number of carbonyl (C=O) groups excluding carboxylic acids is 1. The molecule has 4 rings (SSSR count). The molecule has 0 unspecified atom stereocenters. The van der Waals surface area contributed by atoms with Crippen LogP contribution in [0.15, 0.2) is 46.5 Å². The van der Waals surface area contributed by atoms with E-state index in [9.17, 15) is 4.79 Å². The molecule has 4 N–H and O–H groups in total. The number of nitrogens with zero attached hydrogens (tertiary/aromatic N) is 6. The minimum Gasteiger partial charge on any atom is -0.369 e. The third kappa shape index (κ3) is 4.40. The normalized spacial score (nSPS) is 18.0. The topological polar surface area (TPSA) is 128 Å². The molecule has 1 aliphatic carbocycles. The molecule has 1 aromatic heterocycles. The van der Waals surface area contributed by atoms with Crippen LogP contribution >= 0.6 is 12.4 Å². The Morgan fingerprint density at radius 3 is 2.55 bits per heavy atom. The van der Waals surface area contributed by atoms with E-state index in [2.05, 4.69) is 20.3 Å². The van der Waals surface area contributed by atoms with Crippen molar-refractivity contribution in [3.8, 4) is 0 Å². The lowest BCUT2D eigenvalue weighted by Gasteiger charge is -2.45. The molecule has 2 aliphatic rings. The van der Waals surface area contributed by atoms with Crippen LogP contribution in [0.25, 0.3) is 0 Å². The van der Waals surface area contributed by atoms with Crippen molar-refractivity contribution in [1.82, 2.24) is 19.9 Å². The minimum atomic E-state index is -0.461. The van der Waals surface area contributed by atoms with Crippen molar-refractivity contribution in [2.45, 2.75) is 50.9 Å². The first kappa shape index (κ1) is 20.8. The van der Waals surface area contributed by atoms with Crippen LogP contribution in [0.4, 0.5) is 0 Å². The van der Waals surface area contributed by atoms with E-state index in [1.165, 1.54) is 6.42 Å². The van der Waals surface area contributed by atoms with E-state index in [1.807, 2.05) is 23.1 Å². The molecule has 29 heavy (non-hydrogen) atoms. The van der Waals surface area contributed by atoms with Gasteiger partial charge < -0.3 is 16.4 Å². The summed E-state index contributed by atoms with van der Waals surface area (Å²) in [7, 11) is 0. The van der Waals surface area contributed by atoms with Crippen LogP contribution in [0, 0.1) is 0 Å². The Morgan fingerprint density at radius 2 is 1.83 bits per heavy atom. The van der Waals surface area contributed by atoms with Gasteiger partial charge in [0, 0.05) is 5.56 Å². The zero-order valence-electron chi connectivity index (χ0n) is 16.1. The van der Waals surface area contributed by atoms with Crippen LogP contribution in [-0.4, -0.2) is 43.3 Å². The smallest absolute Gasteiger partial charge is 0.220 e. The largest absolute Gasteiger partial charge is 0.369 e. The number of carbonyl (C=O) groups is 1. The first-order valence-corrected chi connectivity index (χ1v) is 9.50. The number of ketones is 1. The third-order valence-corrected chi connectivity index (χ3v) is 5.29. The molecule has 2 aromatic rings. The van der Waals surface area contributed by atoms with Crippen molar-refractivity contribution >= 4 is 30.1 Å². The first-order valence-electron chi connectivity index (χ1n) is 9.50. The van der Waals surface area contributed by atoms with E-state index in [4.69, 9.17) is 11.5 Å². The zero-order chi connectivity index (χ0) is 19.6. The molecule has 0 bridgehead atoms. The number of benzene rings is 1. The van der Waals surface area contributed by atoms with Crippen LogP contribution in [0.5, 0.6) is 0 Å². The van der Waals surface area contributed by atoms with Gasteiger partial charge in [0.2, 0.25) is 11.9 Å². The molecule has 1 aliphatic heterocycles. The zero-order valence-corrected chi connectivity index (χ0v) is 16.9. The molecular formula is C19H25ClN8O. The highest BCUT2D eigenvalue weighted by Crippen LogP contribution is 2.37. The lowest BCUT2D eigenvalue weighted by atomic mass is 9.87. The van der Waals surface area contributed by atoms with Crippen LogP contribution < -0.4 is 11.5 Å². The first-order chi connectivity index (χ1) is 13.6. The van der Waals surface area contributed by atoms with Gasteiger partial charge in [0.25, 0.3) is 0 Å². The predicted molar refractivity (Wildman–Crippen MR) is 113 cm³/mol. The number of nitrogens with two attached hydrogens (primary N) is 2. The molecule has 1 aromatic carbocycles. The van der Waals surface area contributed by atoms with E-state index >= 15 is 0 Å². The van der Waals surface area contributed by atoms with Gasteiger partial charge in [0.15, 0.2) is 5.78 Å². The number of rotatable bonds is 5. The molecule has 1 spiro atoms. The van der Waals surface area contributed by atoms with E-state index < -0.39 is 5.66 Å². The highest BCUT2D eigenvalue weighted by Gasteiger charge is 2.41. The molecule has 1 fully saturated rings. The molecule has 0 amide bonds. The average molecular weight is 417 g/mol. The van der Waals surface area contributed by atoms with Crippen molar-refractivity contribution in [3.63, 3.8) is 0 Å². The Balaban J connectivity index is 0.00000240. The van der Waals surface area contributed by atoms with Crippen LogP contribution in [0.2, 0.25) is 0 Å². The summed E-state index contributed by atoms with van der Waals surface area (Å²) >= 11 is 0. The summed E-state index contributed by atoms with van der Waals surface area (Å²) in [6, 6.07) is 9.15. The Kier molecular flexibility index (Phi) is 6.17. The number of hydrogen-bond donors (Lipinski definition) is 2. The second-order valence-electron chi connectivity index (χ2n) is 7.27. The standard InChI is InChI=1S/C19H24N8O.ClH/c20-17-22-18(21)27(19(23-17)9-5-2-6-10-19)12-15-11-26(25-24-15)13-16(28)14-7-3-1-4-8-14;/h1,3-4,7-8,11H,2,5-6,9-10,12-13H2,(H4,20,21,22,23);1H. The number of hydrogen-bond acceptors (Lipinski definition) is 8. The molecule has 0 radical (unpaired) electrons. The number of aromatic nitrogens is 3. The Hall–Kier alpha value is -2.94. The minimum absolute atomic E-state index is 0. The van der Waals surface area contributed by atoms with Gasteiger partial charge in [0.1, 0.15) is 17.9 Å². The molecule has 2 heterocycles. The molecule has 1 saturated carbocycles. The fraction of sp³-hybridized carbons (Fsp3) is 0.421. The summed E-state index contributed by atoms with van der Waals surface area (Å²) < 4.78 is 1.55. The summed E-state index contributed by atoms with van der Waals surface area (Å²) in [6.45, 7) is 0.558. The van der Waals surface area contributed by atoms with E-state index in [-0.39, 0.29) is 30.7 Å². The third-order valence-electron chi connectivity index (χ3n) is 5.29. The van der Waals surface area contributed by atoms with E-state index in [0.717, 1.165) is 25.7 Å². The SMILES string of the molecule is Cl.NC1=NC2(CCCCC2)N(Cc2cn(CC(=O)c3ccccc3)nn2)C(N)=N1. The lowest BCUT2D eigenvalue weighted by molar-refractivity contribution is 0.0966. The maximum absolute atomic E-state index is 12.4. The molecule has 0 saturated heterocycles. The summed E-state index contributed by atoms with van der Waals surface area (Å²) in [5.74, 6) is 0.564. The van der Waals surface area contributed by atoms with Gasteiger partial charge in [-0.3, -0.25) is 4.79 Å². The van der Waals surface area contributed by atoms with Crippen LogP contribution in [0.1, 0.15) is 48.2 Å². The van der Waals surface area contributed by atoms with E-state index in [0.29, 0.717) is 23.8 Å². The van der Waals surface area contributed by atoms with Crippen molar-refractivity contribution in [2.24, 2.45) is 21.5 Å². The molecular weight excluding hydrogens is 392 g/mol. The monoisotopic (exact) mass is 416 g/mol. The van der Waals surface area contributed by atoms with Crippen molar-refractivity contribution in [3.05, 3.63) is 47.8 Å². The summed E-state index contributed by atoms with van der Waals surface area (Å²) in [5.41, 5.74) is 13.0. The van der Waals surface area contributed by atoms with Crippen LogP contribution in [0.3, 0.4) is 0 Å². The maximum atomic E-state index is 12.4. The number of Topliss-reactive ketones (excluding diaryl/α,β-unsaturated/α-hetero) is 1. The predicted octanol–water partition coefficient (Wildman–Crippen LogP) is 1.69. The van der Waals surface area contributed by atoms with Gasteiger partial charge in [-0.05, 0) is 25.7 Å². The van der Waals surface area contributed by atoms with Gasteiger partial charge in [-0.25, -0.2) is 9.67 Å². The number of guanidine groups is 2. The second-order valence-corrected chi connectivity index (χ2v) is 7.27. The quantitative estimate of drug-likeness (QED) is 0.713. The summed E-state index contributed by atoms with van der Waals surface area (Å²) in [4.78, 5) is 23.1. The summed E-state index contributed by atoms with van der Waals surface area (Å²) in [6.07, 6.45) is 6.85. The van der Waals surface area contributed by atoms with Gasteiger partial charge in [0.05, 0.1) is 12.7 Å². The fourth-order valence-corrected chi connectivity index (χ4v) is 3.93. The highest BCUT2D eigenvalue weighted by molar-refractivity contribution is 5.96. The summed E-state index contributed by atoms with van der Waals surface area (Å²) in [5, 5.41) is 8.32. The van der Waals surface area contributed by atoms with Crippen molar-refractivity contribution < 1.29 is 4.79 Å². The Bertz CT molecular complexity index is 917. The molecule has 0 atom stereocenters. The fourth-order valence-electron chi connectivity index (χ4n) is 3.93. The van der Waals surface area contributed by atoms with Gasteiger partial charge in [-0.15, -0.1) is 17.5 Å². The van der Waals surface area contributed by atoms with Crippen LogP contribution in [-0.2, 0) is 13.1 Å². The molecule has 154 valence electrons.